The summed E-state index contributed by atoms with van der Waals surface area (Å²) in [4.78, 5) is 18.0. The van der Waals surface area contributed by atoms with Gasteiger partial charge in [0.05, 0.1) is 17.1 Å². The number of aromatic amines is 1. The Labute approximate surface area is 115 Å². The Kier molecular flexibility index (Phi) is 4.57. The highest BCUT2D eigenvalue weighted by atomic mass is 32.2. The highest BCUT2D eigenvalue weighted by Gasteiger charge is 2.19. The molecular formula is C13H16N2O3S. The minimum atomic E-state index is -0.993. The summed E-state index contributed by atoms with van der Waals surface area (Å²) in [7, 11) is 0. The average molecular weight is 280 g/mol. The van der Waals surface area contributed by atoms with Crippen molar-refractivity contribution in [2.24, 2.45) is 0 Å². The molecule has 2 aromatic heterocycles. The second-order valence-electron chi connectivity index (χ2n) is 4.32. The molecule has 0 saturated carbocycles. The van der Waals surface area contributed by atoms with Gasteiger partial charge in [0, 0.05) is 30.6 Å². The Bertz CT molecular complexity index is 570. The Morgan fingerprint density at radius 1 is 1.53 bits per heavy atom. The quantitative estimate of drug-likeness (QED) is 0.775. The van der Waals surface area contributed by atoms with Crippen LogP contribution in [0.15, 0.2) is 24.5 Å². The fourth-order valence-electron chi connectivity index (χ4n) is 1.82. The predicted molar refractivity (Wildman–Crippen MR) is 74.8 cm³/mol. The summed E-state index contributed by atoms with van der Waals surface area (Å²) < 4.78 is 0. The van der Waals surface area contributed by atoms with Crippen molar-refractivity contribution in [1.29, 1.82) is 0 Å². The van der Waals surface area contributed by atoms with Crippen LogP contribution < -0.4 is 0 Å². The van der Waals surface area contributed by atoms with Crippen molar-refractivity contribution >= 4 is 27.9 Å². The first-order valence-corrected chi connectivity index (χ1v) is 6.99. The second kappa shape index (κ2) is 6.18. The fourth-order valence-corrected chi connectivity index (χ4v) is 2.46. The van der Waals surface area contributed by atoms with E-state index in [0.717, 1.165) is 22.8 Å². The van der Waals surface area contributed by atoms with Gasteiger partial charge in [0.2, 0.25) is 0 Å². The average Bonchev–Trinajstić information content (AvgIpc) is 2.84. The Morgan fingerprint density at radius 3 is 3.05 bits per heavy atom. The maximum Gasteiger partial charge on any atom is 0.185 e. The van der Waals surface area contributed by atoms with Gasteiger partial charge in [0.15, 0.2) is 5.12 Å². The molecule has 2 atom stereocenters. The number of carbonyl (C=O) groups is 1. The first kappa shape index (κ1) is 14.0. The minimum Gasteiger partial charge on any atom is -0.390 e. The lowest BCUT2D eigenvalue weighted by Gasteiger charge is -2.17. The van der Waals surface area contributed by atoms with Gasteiger partial charge in [0.25, 0.3) is 0 Å². The van der Waals surface area contributed by atoms with Gasteiger partial charge in [-0.15, -0.1) is 0 Å². The van der Waals surface area contributed by atoms with Crippen molar-refractivity contribution in [3.8, 4) is 0 Å². The number of hydrogen-bond acceptors (Lipinski definition) is 5. The molecule has 3 N–H and O–H groups in total. The van der Waals surface area contributed by atoms with Crippen molar-refractivity contribution in [3.05, 3.63) is 30.1 Å². The zero-order valence-electron chi connectivity index (χ0n) is 10.5. The summed E-state index contributed by atoms with van der Waals surface area (Å²) in [5.74, 6) is 0.492. The Balaban J connectivity index is 2.01. The molecule has 102 valence electrons. The normalized spacial score (nSPS) is 14.5. The van der Waals surface area contributed by atoms with Gasteiger partial charge in [-0.2, -0.15) is 0 Å². The van der Waals surface area contributed by atoms with Crippen molar-refractivity contribution < 1.29 is 15.0 Å². The van der Waals surface area contributed by atoms with Crippen LogP contribution in [-0.4, -0.2) is 37.2 Å². The van der Waals surface area contributed by atoms with Gasteiger partial charge in [-0.3, -0.25) is 9.78 Å². The van der Waals surface area contributed by atoms with Crippen LogP contribution in [-0.2, 0) is 4.79 Å². The van der Waals surface area contributed by atoms with Gasteiger partial charge in [-0.25, -0.2) is 0 Å². The number of H-pyrrole nitrogens is 1. The number of hydrogen-bond donors (Lipinski definition) is 3. The molecule has 6 heteroatoms. The molecule has 0 radical (unpaired) electrons. The van der Waals surface area contributed by atoms with E-state index >= 15 is 0 Å². The number of fused-ring (bicyclic) bond motifs is 1. The molecule has 0 bridgehead atoms. The number of aliphatic hydroxyl groups is 2. The van der Waals surface area contributed by atoms with Gasteiger partial charge in [0.1, 0.15) is 6.10 Å². The Hall–Kier alpha value is -1.37. The molecule has 0 aromatic carbocycles. The van der Waals surface area contributed by atoms with Gasteiger partial charge >= 0.3 is 0 Å². The standard InChI is InChI=1S/C13H16N2O3S/c1-8(16)19-5-3-12(17)13(18)9-6-11-10(15-7-9)2-4-14-11/h2,4,6-7,12-14,17-18H,3,5H2,1H3. The van der Waals surface area contributed by atoms with E-state index in [1.54, 1.807) is 18.5 Å². The topological polar surface area (TPSA) is 86.2 Å². The molecule has 2 aromatic rings. The molecular weight excluding hydrogens is 264 g/mol. The Morgan fingerprint density at radius 2 is 2.32 bits per heavy atom. The zero-order chi connectivity index (χ0) is 13.8. The monoisotopic (exact) mass is 280 g/mol. The molecule has 0 aliphatic heterocycles. The lowest BCUT2D eigenvalue weighted by atomic mass is 10.0. The lowest BCUT2D eigenvalue weighted by molar-refractivity contribution is -0.109. The van der Waals surface area contributed by atoms with E-state index in [4.69, 9.17) is 0 Å². The number of thioether (sulfide) groups is 1. The number of carbonyl (C=O) groups excluding carboxylic acids is 1. The maximum atomic E-state index is 10.8. The number of aliphatic hydroxyl groups excluding tert-OH is 2. The van der Waals surface area contributed by atoms with Crippen molar-refractivity contribution in [2.75, 3.05) is 5.75 Å². The molecule has 0 saturated heterocycles. The molecule has 0 aliphatic rings. The van der Waals surface area contributed by atoms with Gasteiger partial charge < -0.3 is 15.2 Å². The highest BCUT2D eigenvalue weighted by Crippen LogP contribution is 2.22. The molecule has 2 heterocycles. The van der Waals surface area contributed by atoms with Crippen molar-refractivity contribution in [1.82, 2.24) is 9.97 Å². The summed E-state index contributed by atoms with van der Waals surface area (Å²) >= 11 is 1.14. The SMILES string of the molecule is CC(=O)SCCC(O)C(O)c1cnc2cc[nH]c2c1. The molecule has 0 amide bonds. The number of pyridine rings is 1. The van der Waals surface area contributed by atoms with Crippen LogP contribution in [0.1, 0.15) is 25.0 Å². The van der Waals surface area contributed by atoms with E-state index in [0.29, 0.717) is 17.7 Å². The van der Waals surface area contributed by atoms with Crippen LogP contribution in [0.3, 0.4) is 0 Å². The van der Waals surface area contributed by atoms with Crippen molar-refractivity contribution in [2.45, 2.75) is 25.6 Å². The molecule has 19 heavy (non-hydrogen) atoms. The maximum absolute atomic E-state index is 10.8. The van der Waals surface area contributed by atoms with Gasteiger partial charge in [-0.05, 0) is 18.6 Å². The first-order valence-electron chi connectivity index (χ1n) is 6.00. The summed E-state index contributed by atoms with van der Waals surface area (Å²) in [5.41, 5.74) is 2.20. The molecule has 0 spiro atoms. The third-order valence-electron chi connectivity index (χ3n) is 2.84. The smallest absolute Gasteiger partial charge is 0.185 e. The minimum absolute atomic E-state index is 0.0103. The molecule has 2 rings (SSSR count). The third kappa shape index (κ3) is 3.56. The van der Waals surface area contributed by atoms with Crippen LogP contribution >= 0.6 is 11.8 Å². The van der Waals surface area contributed by atoms with E-state index in [1.807, 2.05) is 6.07 Å². The van der Waals surface area contributed by atoms with E-state index in [2.05, 4.69) is 9.97 Å². The van der Waals surface area contributed by atoms with E-state index in [1.165, 1.54) is 6.92 Å². The fraction of sp³-hybridized carbons (Fsp3) is 0.385. The van der Waals surface area contributed by atoms with E-state index < -0.39 is 12.2 Å². The highest BCUT2D eigenvalue weighted by molar-refractivity contribution is 8.13. The number of nitrogens with one attached hydrogen (secondary N) is 1. The van der Waals surface area contributed by atoms with Crippen LogP contribution in [0.2, 0.25) is 0 Å². The van der Waals surface area contributed by atoms with Gasteiger partial charge in [-0.1, -0.05) is 11.8 Å². The number of aromatic nitrogens is 2. The summed E-state index contributed by atoms with van der Waals surface area (Å²) in [6.45, 7) is 1.48. The van der Waals surface area contributed by atoms with E-state index in [9.17, 15) is 15.0 Å². The predicted octanol–water partition coefficient (Wildman–Crippen LogP) is 1.63. The first-order chi connectivity index (χ1) is 9.08. The molecule has 5 nitrogen and oxygen atoms in total. The molecule has 0 fully saturated rings. The van der Waals surface area contributed by atoms with Crippen LogP contribution in [0, 0.1) is 0 Å². The largest absolute Gasteiger partial charge is 0.390 e. The summed E-state index contributed by atoms with van der Waals surface area (Å²) in [5, 5.41) is 20.0. The zero-order valence-corrected chi connectivity index (χ0v) is 11.4. The van der Waals surface area contributed by atoms with Crippen molar-refractivity contribution in [3.63, 3.8) is 0 Å². The van der Waals surface area contributed by atoms with Crippen LogP contribution in [0.4, 0.5) is 0 Å². The second-order valence-corrected chi connectivity index (χ2v) is 5.59. The summed E-state index contributed by atoms with van der Waals surface area (Å²) in [6, 6.07) is 3.61. The van der Waals surface area contributed by atoms with Crippen LogP contribution in [0.5, 0.6) is 0 Å². The molecule has 2 unspecified atom stereocenters. The third-order valence-corrected chi connectivity index (χ3v) is 3.69. The van der Waals surface area contributed by atoms with Crippen LogP contribution in [0.25, 0.3) is 11.0 Å². The number of rotatable bonds is 5. The lowest BCUT2D eigenvalue weighted by Crippen LogP contribution is -2.19. The van der Waals surface area contributed by atoms with E-state index in [-0.39, 0.29) is 5.12 Å². The number of nitrogens with zero attached hydrogens (tertiary/aromatic N) is 1. The molecule has 0 aliphatic carbocycles. The summed E-state index contributed by atoms with van der Waals surface area (Å²) in [6.07, 6.45) is 1.79.